The Bertz CT molecular complexity index is 520. The Labute approximate surface area is 122 Å². The number of urea groups is 1. The van der Waals surface area contributed by atoms with Crippen LogP contribution in [0.15, 0.2) is 24.3 Å². The van der Waals surface area contributed by atoms with Gasteiger partial charge in [0.1, 0.15) is 5.92 Å². The van der Waals surface area contributed by atoms with Gasteiger partial charge in [0.15, 0.2) is 0 Å². The third-order valence-electron chi connectivity index (χ3n) is 3.28. The summed E-state index contributed by atoms with van der Waals surface area (Å²) in [6.45, 7) is 0.686. The second kappa shape index (κ2) is 7.05. The molecule has 0 radical (unpaired) electrons. The lowest BCUT2D eigenvalue weighted by Crippen LogP contribution is -2.44. The van der Waals surface area contributed by atoms with Crippen LogP contribution in [0, 0.1) is 5.92 Å². The Hall–Kier alpha value is -2.12. The minimum absolute atomic E-state index is 0.112. The summed E-state index contributed by atoms with van der Waals surface area (Å²) in [5.74, 6) is -1.69. The van der Waals surface area contributed by atoms with Gasteiger partial charge in [-0.3, -0.25) is 4.79 Å². The third kappa shape index (κ3) is 3.93. The Morgan fingerprint density at radius 2 is 2.14 bits per heavy atom. The molecule has 0 bridgehead atoms. The van der Waals surface area contributed by atoms with Crippen molar-refractivity contribution in [2.24, 2.45) is 5.92 Å². The summed E-state index contributed by atoms with van der Waals surface area (Å²) < 4.78 is 10.2. The van der Waals surface area contributed by atoms with Crippen molar-refractivity contribution in [3.63, 3.8) is 0 Å². The lowest BCUT2D eigenvalue weighted by Gasteiger charge is -2.17. The summed E-state index contributed by atoms with van der Waals surface area (Å²) in [5, 5.41) is 14.4. The number of carbonyl (C=O) groups excluding carboxylic acids is 1. The maximum Gasteiger partial charge on any atom is 0.319 e. The van der Waals surface area contributed by atoms with E-state index < -0.39 is 24.0 Å². The van der Waals surface area contributed by atoms with Crippen LogP contribution in [0.4, 0.5) is 10.5 Å². The minimum atomic E-state index is -0.974. The number of amides is 2. The zero-order valence-electron chi connectivity index (χ0n) is 11.7. The van der Waals surface area contributed by atoms with Gasteiger partial charge in [0.05, 0.1) is 25.9 Å². The molecule has 2 atom stereocenters. The molecule has 21 heavy (non-hydrogen) atoms. The van der Waals surface area contributed by atoms with Crippen molar-refractivity contribution in [2.75, 3.05) is 25.6 Å². The Morgan fingerprint density at radius 3 is 2.86 bits per heavy atom. The van der Waals surface area contributed by atoms with Gasteiger partial charge in [-0.15, -0.1) is 0 Å². The van der Waals surface area contributed by atoms with Crippen LogP contribution >= 0.6 is 0 Å². The first kappa shape index (κ1) is 15.3. The van der Waals surface area contributed by atoms with Crippen LogP contribution in [0.25, 0.3) is 0 Å². The molecule has 2 rings (SSSR count). The number of carboxylic acid groups (broad SMARTS) is 1. The van der Waals surface area contributed by atoms with E-state index in [0.717, 1.165) is 5.56 Å². The van der Waals surface area contributed by atoms with Gasteiger partial charge in [-0.2, -0.15) is 0 Å². The van der Waals surface area contributed by atoms with E-state index >= 15 is 0 Å². The van der Waals surface area contributed by atoms with Crippen molar-refractivity contribution >= 4 is 17.7 Å². The van der Waals surface area contributed by atoms with E-state index in [4.69, 9.17) is 14.6 Å². The summed E-state index contributed by atoms with van der Waals surface area (Å²) in [7, 11) is 1.57. The zero-order chi connectivity index (χ0) is 15.2. The molecule has 3 N–H and O–H groups in total. The average Bonchev–Trinajstić information content (AvgIpc) is 2.89. The number of hydrogen-bond acceptors (Lipinski definition) is 4. The van der Waals surface area contributed by atoms with E-state index in [0.29, 0.717) is 12.3 Å². The Kier molecular flexibility index (Phi) is 5.13. The van der Waals surface area contributed by atoms with Gasteiger partial charge in [0.2, 0.25) is 0 Å². The number of nitrogens with one attached hydrogen (secondary N) is 2. The van der Waals surface area contributed by atoms with E-state index in [1.165, 1.54) is 0 Å². The number of methoxy groups -OCH3 is 1. The van der Waals surface area contributed by atoms with Crippen molar-refractivity contribution in [1.29, 1.82) is 0 Å². The summed E-state index contributed by atoms with van der Waals surface area (Å²) >= 11 is 0. The number of hydrogen-bond donors (Lipinski definition) is 3. The SMILES string of the molecule is COCc1ccccc1NC(=O)NC1COCC1C(=O)O. The van der Waals surface area contributed by atoms with E-state index in [9.17, 15) is 9.59 Å². The number of ether oxygens (including phenoxy) is 2. The van der Waals surface area contributed by atoms with Crippen molar-refractivity contribution in [1.82, 2.24) is 5.32 Å². The molecule has 114 valence electrons. The van der Waals surface area contributed by atoms with Gasteiger partial charge in [0, 0.05) is 18.4 Å². The molecule has 1 aliphatic rings. The Morgan fingerprint density at radius 1 is 1.38 bits per heavy atom. The average molecular weight is 294 g/mol. The minimum Gasteiger partial charge on any atom is -0.481 e. The fourth-order valence-corrected chi connectivity index (χ4v) is 2.19. The second-order valence-electron chi connectivity index (χ2n) is 4.78. The maximum atomic E-state index is 12.0. The highest BCUT2D eigenvalue weighted by Crippen LogP contribution is 2.17. The number of carbonyl (C=O) groups is 2. The third-order valence-corrected chi connectivity index (χ3v) is 3.28. The Balaban J connectivity index is 1.97. The van der Waals surface area contributed by atoms with E-state index in [2.05, 4.69) is 10.6 Å². The first-order chi connectivity index (χ1) is 10.1. The molecule has 7 nitrogen and oxygen atoms in total. The highest BCUT2D eigenvalue weighted by Gasteiger charge is 2.35. The summed E-state index contributed by atoms with van der Waals surface area (Å²) in [6, 6.07) is 6.26. The van der Waals surface area contributed by atoms with Crippen molar-refractivity contribution in [3.05, 3.63) is 29.8 Å². The predicted octanol–water partition coefficient (Wildman–Crippen LogP) is 1.05. The lowest BCUT2D eigenvalue weighted by atomic mass is 10.0. The van der Waals surface area contributed by atoms with Crippen molar-refractivity contribution in [3.8, 4) is 0 Å². The van der Waals surface area contributed by atoms with Gasteiger partial charge in [-0.05, 0) is 6.07 Å². The molecular formula is C14H18N2O5. The number of anilines is 1. The van der Waals surface area contributed by atoms with Gasteiger partial charge < -0.3 is 25.2 Å². The molecule has 2 amide bonds. The highest BCUT2D eigenvalue weighted by molar-refractivity contribution is 5.90. The molecule has 0 saturated carbocycles. The van der Waals surface area contributed by atoms with Gasteiger partial charge >= 0.3 is 12.0 Å². The van der Waals surface area contributed by atoms with E-state index in [1.807, 2.05) is 12.1 Å². The normalized spacial score (nSPS) is 21.0. The molecule has 0 aromatic heterocycles. The largest absolute Gasteiger partial charge is 0.481 e. The molecule has 2 unspecified atom stereocenters. The summed E-state index contributed by atoms with van der Waals surface area (Å²) in [5.41, 5.74) is 1.47. The molecule has 1 aromatic carbocycles. The fraction of sp³-hybridized carbons (Fsp3) is 0.429. The molecule has 1 aromatic rings. The van der Waals surface area contributed by atoms with Crippen molar-refractivity contribution < 1.29 is 24.2 Å². The van der Waals surface area contributed by atoms with E-state index in [1.54, 1.807) is 19.2 Å². The van der Waals surface area contributed by atoms with Crippen LogP contribution in [0.5, 0.6) is 0 Å². The first-order valence-electron chi connectivity index (χ1n) is 6.56. The predicted molar refractivity (Wildman–Crippen MR) is 75.0 cm³/mol. The number of benzene rings is 1. The van der Waals surface area contributed by atoms with Crippen LogP contribution < -0.4 is 10.6 Å². The molecule has 1 aliphatic heterocycles. The molecule has 7 heteroatoms. The molecule has 0 aliphatic carbocycles. The van der Waals surface area contributed by atoms with Gasteiger partial charge in [-0.1, -0.05) is 18.2 Å². The lowest BCUT2D eigenvalue weighted by molar-refractivity contribution is -0.142. The smallest absolute Gasteiger partial charge is 0.319 e. The molecular weight excluding hydrogens is 276 g/mol. The number of para-hydroxylation sites is 1. The number of aliphatic carboxylic acids is 1. The van der Waals surface area contributed by atoms with Crippen LogP contribution in [0.3, 0.4) is 0 Å². The molecule has 1 fully saturated rings. The van der Waals surface area contributed by atoms with Crippen LogP contribution in [-0.2, 0) is 20.9 Å². The van der Waals surface area contributed by atoms with Crippen LogP contribution in [0.1, 0.15) is 5.56 Å². The zero-order valence-corrected chi connectivity index (χ0v) is 11.7. The highest BCUT2D eigenvalue weighted by atomic mass is 16.5. The monoisotopic (exact) mass is 294 g/mol. The number of rotatable bonds is 5. The van der Waals surface area contributed by atoms with Gasteiger partial charge in [0.25, 0.3) is 0 Å². The quantitative estimate of drug-likeness (QED) is 0.754. The van der Waals surface area contributed by atoms with Crippen LogP contribution in [-0.4, -0.2) is 43.5 Å². The summed E-state index contributed by atoms with van der Waals surface area (Å²) in [6.07, 6.45) is 0. The molecule has 1 saturated heterocycles. The topological polar surface area (TPSA) is 96.9 Å². The molecule has 1 heterocycles. The fourth-order valence-electron chi connectivity index (χ4n) is 2.19. The van der Waals surface area contributed by atoms with Crippen molar-refractivity contribution in [2.45, 2.75) is 12.6 Å². The van der Waals surface area contributed by atoms with Crippen LogP contribution in [0.2, 0.25) is 0 Å². The summed E-state index contributed by atoms with van der Waals surface area (Å²) in [4.78, 5) is 23.0. The van der Waals surface area contributed by atoms with E-state index in [-0.39, 0.29) is 13.2 Å². The second-order valence-corrected chi connectivity index (χ2v) is 4.78. The maximum absolute atomic E-state index is 12.0. The first-order valence-corrected chi connectivity index (χ1v) is 6.56. The number of carboxylic acids is 1. The van der Waals surface area contributed by atoms with Gasteiger partial charge in [-0.25, -0.2) is 4.79 Å². The molecule has 0 spiro atoms. The standard InChI is InChI=1S/C14H18N2O5/c1-20-6-9-4-2-3-5-11(9)15-14(19)16-12-8-21-7-10(12)13(17)18/h2-5,10,12H,6-8H2,1H3,(H,17,18)(H2,15,16,19).